The fourth-order valence-corrected chi connectivity index (χ4v) is 1.70. The van der Waals surface area contributed by atoms with Crippen molar-refractivity contribution < 1.29 is 27.5 Å². The molecule has 1 atom stereocenters. The summed E-state index contributed by atoms with van der Waals surface area (Å²) in [6.45, 7) is 3.52. The number of ether oxygens (including phenoxy) is 1. The van der Waals surface area contributed by atoms with Crippen LogP contribution in [0.2, 0.25) is 0 Å². The van der Waals surface area contributed by atoms with Gasteiger partial charge in [0, 0.05) is 12.6 Å². The number of halogens is 3. The number of carbonyl (C=O) groups excluding carboxylic acids is 2. The van der Waals surface area contributed by atoms with Crippen LogP contribution in [0.1, 0.15) is 19.5 Å². The molecule has 122 valence electrons. The third kappa shape index (κ3) is 3.86. The molecule has 6 nitrogen and oxygen atoms in total. The van der Waals surface area contributed by atoms with Gasteiger partial charge in [-0.15, -0.1) is 0 Å². The van der Waals surface area contributed by atoms with Crippen molar-refractivity contribution in [3.63, 3.8) is 0 Å². The highest BCUT2D eigenvalue weighted by atomic mass is 19.4. The third-order valence-corrected chi connectivity index (χ3v) is 2.57. The molecule has 0 saturated carbocycles. The molecule has 0 radical (unpaired) electrons. The quantitative estimate of drug-likeness (QED) is 0.638. The summed E-state index contributed by atoms with van der Waals surface area (Å²) in [5, 5.41) is 3.54. The number of carbonyl (C=O) groups is 2. The fraction of sp³-hybridized carbons (Fsp3) is 0.462. The van der Waals surface area contributed by atoms with Crippen LogP contribution in [0, 0.1) is 6.92 Å². The number of amides is 1. The number of nitrogens with zero attached hydrogens (tertiary/aromatic N) is 1. The summed E-state index contributed by atoms with van der Waals surface area (Å²) in [4.78, 5) is 26.9. The predicted molar refractivity (Wildman–Crippen MR) is 71.8 cm³/mol. The molecular weight excluding hydrogens is 303 g/mol. The van der Waals surface area contributed by atoms with Crippen LogP contribution < -0.4 is 10.6 Å². The van der Waals surface area contributed by atoms with Crippen LogP contribution in [0.3, 0.4) is 0 Å². The summed E-state index contributed by atoms with van der Waals surface area (Å²) in [5.41, 5.74) is -2.97. The van der Waals surface area contributed by atoms with Crippen molar-refractivity contribution in [2.75, 3.05) is 11.9 Å². The Bertz CT molecular complexity index is 563. The highest BCUT2D eigenvalue weighted by Gasteiger charge is 2.63. The fourth-order valence-electron chi connectivity index (χ4n) is 1.70. The molecule has 22 heavy (non-hydrogen) atoms. The normalized spacial score (nSPS) is 13.9. The van der Waals surface area contributed by atoms with Crippen LogP contribution in [0.25, 0.3) is 0 Å². The van der Waals surface area contributed by atoms with E-state index in [-0.39, 0.29) is 12.4 Å². The molecule has 0 aromatic carbocycles. The summed E-state index contributed by atoms with van der Waals surface area (Å²) < 4.78 is 44.9. The SMILES string of the molecule is CCOC(=O)[C@@](NC(C)=O)(Nc1cccc(C)n1)C(F)(F)F. The van der Waals surface area contributed by atoms with Gasteiger partial charge in [-0.2, -0.15) is 13.2 Å². The van der Waals surface area contributed by atoms with E-state index in [0.29, 0.717) is 5.69 Å². The van der Waals surface area contributed by atoms with Crippen LogP contribution in [-0.4, -0.2) is 35.3 Å². The van der Waals surface area contributed by atoms with Gasteiger partial charge in [0.15, 0.2) is 0 Å². The monoisotopic (exact) mass is 319 g/mol. The molecule has 9 heteroatoms. The summed E-state index contributed by atoms with van der Waals surface area (Å²) in [6.07, 6.45) is -5.14. The Hall–Kier alpha value is -2.32. The molecule has 0 aliphatic carbocycles. The second-order valence-electron chi connectivity index (χ2n) is 4.44. The lowest BCUT2D eigenvalue weighted by Crippen LogP contribution is -2.69. The summed E-state index contributed by atoms with van der Waals surface area (Å²) in [6, 6.07) is 4.28. The number of esters is 1. The number of nitrogens with one attached hydrogen (secondary N) is 2. The number of aryl methyl sites for hydroxylation is 1. The molecule has 0 aliphatic rings. The van der Waals surface area contributed by atoms with Gasteiger partial charge in [0.2, 0.25) is 5.91 Å². The minimum absolute atomic E-state index is 0.223. The number of aromatic nitrogens is 1. The van der Waals surface area contributed by atoms with Crippen LogP contribution in [-0.2, 0) is 14.3 Å². The maximum absolute atomic E-state index is 13.5. The van der Waals surface area contributed by atoms with Crippen LogP contribution in [0.15, 0.2) is 18.2 Å². The smallest absolute Gasteiger partial charge is 0.441 e. The molecule has 0 saturated heterocycles. The van der Waals surface area contributed by atoms with Gasteiger partial charge in [-0.3, -0.25) is 4.79 Å². The molecule has 0 aliphatic heterocycles. The van der Waals surface area contributed by atoms with Gasteiger partial charge in [0.05, 0.1) is 6.61 Å². The van der Waals surface area contributed by atoms with E-state index in [1.807, 2.05) is 5.32 Å². The number of pyridine rings is 1. The van der Waals surface area contributed by atoms with E-state index in [4.69, 9.17) is 0 Å². The van der Waals surface area contributed by atoms with Crippen molar-refractivity contribution in [3.8, 4) is 0 Å². The lowest BCUT2D eigenvalue weighted by Gasteiger charge is -2.34. The van der Waals surface area contributed by atoms with Crippen LogP contribution >= 0.6 is 0 Å². The van der Waals surface area contributed by atoms with Crippen molar-refractivity contribution in [2.24, 2.45) is 0 Å². The second-order valence-corrected chi connectivity index (χ2v) is 4.44. The van der Waals surface area contributed by atoms with Crippen molar-refractivity contribution in [1.82, 2.24) is 10.3 Å². The first-order valence-corrected chi connectivity index (χ1v) is 6.37. The van der Waals surface area contributed by atoms with Crippen molar-refractivity contribution in [2.45, 2.75) is 32.6 Å². The van der Waals surface area contributed by atoms with Crippen LogP contribution in [0.4, 0.5) is 19.0 Å². The molecule has 0 spiro atoms. The summed E-state index contributed by atoms with van der Waals surface area (Å²) in [7, 11) is 0. The van der Waals surface area contributed by atoms with E-state index in [2.05, 4.69) is 9.72 Å². The van der Waals surface area contributed by atoms with E-state index >= 15 is 0 Å². The van der Waals surface area contributed by atoms with E-state index < -0.39 is 23.7 Å². The molecule has 0 bridgehead atoms. The van der Waals surface area contributed by atoms with Gasteiger partial charge in [-0.25, -0.2) is 9.78 Å². The molecule has 1 amide bonds. The number of anilines is 1. The van der Waals surface area contributed by atoms with Crippen molar-refractivity contribution in [3.05, 3.63) is 23.9 Å². The standard InChI is InChI=1S/C13H16F3N3O3/c1-4-22-11(21)12(13(14,15)16,18-9(3)20)19-10-7-5-6-8(2)17-10/h5-7H,4H2,1-3H3,(H,17,19)(H,18,20)/t12-/m1/s1. The predicted octanol–water partition coefficient (Wildman–Crippen LogP) is 1.76. The van der Waals surface area contributed by atoms with Gasteiger partial charge in [-0.1, -0.05) is 6.07 Å². The highest BCUT2D eigenvalue weighted by Crippen LogP contribution is 2.32. The Kier molecular flexibility index (Phi) is 5.34. The third-order valence-electron chi connectivity index (χ3n) is 2.57. The van der Waals surface area contributed by atoms with E-state index in [1.165, 1.54) is 19.1 Å². The molecule has 0 fully saturated rings. The number of alkyl halides is 3. The molecule has 2 N–H and O–H groups in total. The minimum atomic E-state index is -5.14. The second kappa shape index (κ2) is 6.63. The maximum atomic E-state index is 13.5. The van der Waals surface area contributed by atoms with Crippen LogP contribution in [0.5, 0.6) is 0 Å². The van der Waals surface area contributed by atoms with Crippen molar-refractivity contribution in [1.29, 1.82) is 0 Å². The highest BCUT2D eigenvalue weighted by molar-refractivity contribution is 5.90. The number of hydrogen-bond donors (Lipinski definition) is 2. The number of hydrogen-bond acceptors (Lipinski definition) is 5. The zero-order valence-corrected chi connectivity index (χ0v) is 12.2. The molecule has 1 aromatic heterocycles. The van der Waals surface area contributed by atoms with E-state index in [9.17, 15) is 22.8 Å². The lowest BCUT2D eigenvalue weighted by molar-refractivity contribution is -0.207. The Balaban J connectivity index is 3.34. The minimum Gasteiger partial charge on any atom is -0.463 e. The lowest BCUT2D eigenvalue weighted by atomic mass is 10.1. The average molecular weight is 319 g/mol. The topological polar surface area (TPSA) is 80.3 Å². The van der Waals surface area contributed by atoms with Gasteiger partial charge in [-0.05, 0) is 26.0 Å². The first kappa shape index (κ1) is 17.7. The molecule has 0 unspecified atom stereocenters. The average Bonchev–Trinajstić information content (AvgIpc) is 2.36. The maximum Gasteiger partial charge on any atom is 0.441 e. The molecular formula is C13H16F3N3O3. The largest absolute Gasteiger partial charge is 0.463 e. The Morgan fingerprint density at radius 3 is 2.41 bits per heavy atom. The van der Waals surface area contributed by atoms with Gasteiger partial charge in [0.1, 0.15) is 5.82 Å². The van der Waals surface area contributed by atoms with Gasteiger partial charge in [0.25, 0.3) is 0 Å². The Labute approximate surface area is 125 Å². The van der Waals surface area contributed by atoms with E-state index in [1.54, 1.807) is 18.3 Å². The molecule has 1 heterocycles. The first-order chi connectivity index (χ1) is 10.1. The summed E-state index contributed by atoms with van der Waals surface area (Å²) in [5.74, 6) is -2.94. The number of rotatable bonds is 5. The van der Waals surface area contributed by atoms with Gasteiger partial charge < -0.3 is 15.4 Å². The van der Waals surface area contributed by atoms with Crippen molar-refractivity contribution >= 4 is 17.7 Å². The molecule has 1 rings (SSSR count). The zero-order valence-electron chi connectivity index (χ0n) is 12.2. The zero-order chi connectivity index (χ0) is 17.0. The Morgan fingerprint density at radius 2 is 1.95 bits per heavy atom. The van der Waals surface area contributed by atoms with E-state index in [0.717, 1.165) is 6.92 Å². The Morgan fingerprint density at radius 1 is 1.32 bits per heavy atom. The molecule has 1 aromatic rings. The summed E-state index contributed by atoms with van der Waals surface area (Å²) >= 11 is 0. The van der Waals surface area contributed by atoms with Gasteiger partial charge >= 0.3 is 17.8 Å². The first-order valence-electron chi connectivity index (χ1n) is 6.37.